The van der Waals surface area contributed by atoms with Crippen LogP contribution in [0.4, 0.5) is 0 Å². The number of amides is 2. The van der Waals surface area contributed by atoms with Crippen LogP contribution in [-0.2, 0) is 16.0 Å². The summed E-state index contributed by atoms with van der Waals surface area (Å²) in [4.78, 5) is 28.7. The lowest BCUT2D eigenvalue weighted by Gasteiger charge is -2.43. The van der Waals surface area contributed by atoms with Gasteiger partial charge in [0.25, 0.3) is 0 Å². The van der Waals surface area contributed by atoms with Crippen molar-refractivity contribution >= 4 is 34.4 Å². The molecule has 0 unspecified atom stereocenters. The number of rotatable bonds is 2. The predicted octanol–water partition coefficient (Wildman–Crippen LogP) is 1.58. The number of aryl methyl sites for hydroxylation is 1. The van der Waals surface area contributed by atoms with Crippen LogP contribution >= 0.6 is 11.6 Å². The van der Waals surface area contributed by atoms with Crippen molar-refractivity contribution in [2.45, 2.75) is 19.4 Å². The standard InChI is InChI=1S/C18H20ClN3O3/c1-11-6-16-13(8-14(11)19)12(10-25-16)7-17(23)22-5-4-21-3-2-20-18(24)15(21)9-22/h6,8,10,15H,2-5,7,9H2,1H3,(H,20,24)/t15-/m0/s1. The summed E-state index contributed by atoms with van der Waals surface area (Å²) in [5.74, 6) is 0.0252. The smallest absolute Gasteiger partial charge is 0.239 e. The first-order chi connectivity index (χ1) is 12.0. The Morgan fingerprint density at radius 3 is 3.04 bits per heavy atom. The highest BCUT2D eigenvalue weighted by Crippen LogP contribution is 2.28. The first kappa shape index (κ1) is 16.4. The van der Waals surface area contributed by atoms with Gasteiger partial charge in [-0.2, -0.15) is 0 Å². The van der Waals surface area contributed by atoms with Crippen LogP contribution in [0.25, 0.3) is 11.0 Å². The molecule has 2 aromatic rings. The Morgan fingerprint density at radius 2 is 2.20 bits per heavy atom. The molecule has 0 spiro atoms. The molecule has 0 saturated carbocycles. The van der Waals surface area contributed by atoms with Crippen molar-refractivity contribution in [1.82, 2.24) is 15.1 Å². The molecule has 0 aliphatic carbocycles. The second-order valence-electron chi connectivity index (χ2n) is 6.72. The van der Waals surface area contributed by atoms with E-state index in [4.69, 9.17) is 16.0 Å². The Bertz CT molecular complexity index is 847. The molecule has 3 heterocycles. The number of carbonyl (C=O) groups excluding carboxylic acids is 2. The minimum Gasteiger partial charge on any atom is -0.464 e. The molecule has 2 saturated heterocycles. The Morgan fingerprint density at radius 1 is 1.36 bits per heavy atom. The van der Waals surface area contributed by atoms with Crippen molar-refractivity contribution in [3.8, 4) is 0 Å². The van der Waals surface area contributed by atoms with Gasteiger partial charge in [0.1, 0.15) is 11.6 Å². The van der Waals surface area contributed by atoms with Crippen LogP contribution in [-0.4, -0.2) is 60.4 Å². The lowest BCUT2D eigenvalue weighted by atomic mass is 10.1. The van der Waals surface area contributed by atoms with Gasteiger partial charge in [-0.05, 0) is 24.6 Å². The summed E-state index contributed by atoms with van der Waals surface area (Å²) in [5, 5.41) is 4.41. The molecule has 4 rings (SSSR count). The van der Waals surface area contributed by atoms with Crippen LogP contribution in [0, 0.1) is 6.92 Å². The first-order valence-corrected chi connectivity index (χ1v) is 8.86. The van der Waals surface area contributed by atoms with E-state index in [-0.39, 0.29) is 24.3 Å². The predicted molar refractivity (Wildman–Crippen MR) is 94.6 cm³/mol. The molecule has 0 bridgehead atoms. The highest BCUT2D eigenvalue weighted by atomic mass is 35.5. The van der Waals surface area contributed by atoms with Crippen LogP contribution < -0.4 is 5.32 Å². The average molecular weight is 362 g/mol. The van der Waals surface area contributed by atoms with Gasteiger partial charge in [0.15, 0.2) is 0 Å². The average Bonchev–Trinajstić information content (AvgIpc) is 2.97. The molecule has 6 nitrogen and oxygen atoms in total. The van der Waals surface area contributed by atoms with Gasteiger partial charge in [0.05, 0.1) is 12.7 Å². The van der Waals surface area contributed by atoms with Crippen LogP contribution in [0.5, 0.6) is 0 Å². The van der Waals surface area contributed by atoms with Crippen molar-refractivity contribution in [3.63, 3.8) is 0 Å². The van der Waals surface area contributed by atoms with Gasteiger partial charge >= 0.3 is 0 Å². The Labute approximate surface area is 150 Å². The van der Waals surface area contributed by atoms with Gasteiger partial charge < -0.3 is 14.6 Å². The minimum absolute atomic E-state index is 0.0115. The van der Waals surface area contributed by atoms with E-state index in [1.54, 1.807) is 11.2 Å². The van der Waals surface area contributed by atoms with Gasteiger partial charge in [0.2, 0.25) is 11.8 Å². The number of carbonyl (C=O) groups is 2. The SMILES string of the molecule is Cc1cc2occ(CC(=O)N3CCN4CCNC(=O)[C@@H]4C3)c2cc1Cl. The van der Waals surface area contributed by atoms with E-state index < -0.39 is 0 Å². The molecule has 2 amide bonds. The number of nitrogens with zero attached hydrogens (tertiary/aromatic N) is 2. The zero-order chi connectivity index (χ0) is 17.6. The van der Waals surface area contributed by atoms with Crippen molar-refractivity contribution in [1.29, 1.82) is 0 Å². The summed E-state index contributed by atoms with van der Waals surface area (Å²) < 4.78 is 5.57. The number of piperazine rings is 2. The zero-order valence-corrected chi connectivity index (χ0v) is 14.8. The number of hydrogen-bond acceptors (Lipinski definition) is 4. The summed E-state index contributed by atoms with van der Waals surface area (Å²) >= 11 is 6.21. The molecule has 2 fully saturated rings. The largest absolute Gasteiger partial charge is 0.464 e. The normalized spacial score (nSPS) is 21.3. The lowest BCUT2D eigenvalue weighted by molar-refractivity contribution is -0.139. The molecule has 1 N–H and O–H groups in total. The van der Waals surface area contributed by atoms with Crippen LogP contribution in [0.15, 0.2) is 22.8 Å². The highest BCUT2D eigenvalue weighted by molar-refractivity contribution is 6.32. The Hall–Kier alpha value is -2.05. The van der Waals surface area contributed by atoms with Crippen LogP contribution in [0.2, 0.25) is 5.02 Å². The van der Waals surface area contributed by atoms with Crippen LogP contribution in [0.3, 0.4) is 0 Å². The second-order valence-corrected chi connectivity index (χ2v) is 7.13. The fourth-order valence-electron chi connectivity index (χ4n) is 3.62. The third-order valence-electron chi connectivity index (χ3n) is 5.12. The van der Waals surface area contributed by atoms with Crippen molar-refractivity contribution in [2.24, 2.45) is 0 Å². The van der Waals surface area contributed by atoms with E-state index in [0.29, 0.717) is 24.7 Å². The third-order valence-corrected chi connectivity index (χ3v) is 5.53. The molecule has 7 heteroatoms. The molecule has 25 heavy (non-hydrogen) atoms. The number of furan rings is 1. The number of hydrogen-bond donors (Lipinski definition) is 1. The number of benzene rings is 1. The molecule has 0 radical (unpaired) electrons. The molecule has 2 aliphatic heterocycles. The van der Waals surface area contributed by atoms with E-state index in [2.05, 4.69) is 10.2 Å². The fraction of sp³-hybridized carbons (Fsp3) is 0.444. The fourth-order valence-corrected chi connectivity index (χ4v) is 3.78. The first-order valence-electron chi connectivity index (χ1n) is 8.48. The zero-order valence-electron chi connectivity index (χ0n) is 14.0. The summed E-state index contributed by atoms with van der Waals surface area (Å²) in [6, 6.07) is 3.51. The third kappa shape index (κ3) is 3.00. The quantitative estimate of drug-likeness (QED) is 0.882. The molecule has 1 atom stereocenters. The maximum atomic E-state index is 12.7. The minimum atomic E-state index is -0.232. The van der Waals surface area contributed by atoms with Crippen molar-refractivity contribution in [3.05, 3.63) is 34.5 Å². The monoisotopic (exact) mass is 361 g/mol. The van der Waals surface area contributed by atoms with E-state index in [9.17, 15) is 9.59 Å². The van der Waals surface area contributed by atoms with Gasteiger partial charge in [-0.15, -0.1) is 0 Å². The van der Waals surface area contributed by atoms with E-state index in [1.165, 1.54) is 0 Å². The van der Waals surface area contributed by atoms with Gasteiger partial charge in [0, 0.05) is 48.7 Å². The Balaban J connectivity index is 1.51. The van der Waals surface area contributed by atoms with E-state index in [1.807, 2.05) is 19.1 Å². The summed E-state index contributed by atoms with van der Waals surface area (Å²) in [7, 11) is 0. The maximum Gasteiger partial charge on any atom is 0.239 e. The molecule has 132 valence electrons. The Kier molecular flexibility index (Phi) is 4.17. The topological polar surface area (TPSA) is 65.8 Å². The van der Waals surface area contributed by atoms with Gasteiger partial charge in [-0.3, -0.25) is 14.5 Å². The van der Waals surface area contributed by atoms with Gasteiger partial charge in [-0.25, -0.2) is 0 Å². The summed E-state index contributed by atoms with van der Waals surface area (Å²) in [6.45, 7) is 5.29. The van der Waals surface area contributed by atoms with E-state index in [0.717, 1.165) is 35.2 Å². The summed E-state index contributed by atoms with van der Waals surface area (Å²) in [6.07, 6.45) is 1.88. The molecular weight excluding hydrogens is 342 g/mol. The molecule has 1 aromatic carbocycles. The van der Waals surface area contributed by atoms with Gasteiger partial charge in [-0.1, -0.05) is 11.6 Å². The van der Waals surface area contributed by atoms with E-state index >= 15 is 0 Å². The molecular formula is C18H20ClN3O3. The molecule has 2 aliphatic rings. The summed E-state index contributed by atoms with van der Waals surface area (Å²) in [5.41, 5.74) is 2.51. The second kappa shape index (κ2) is 6.35. The molecule has 1 aromatic heterocycles. The van der Waals surface area contributed by atoms with Crippen LogP contribution in [0.1, 0.15) is 11.1 Å². The maximum absolute atomic E-state index is 12.7. The number of fused-ring (bicyclic) bond motifs is 2. The number of halogens is 1. The van der Waals surface area contributed by atoms with Crippen molar-refractivity contribution < 1.29 is 14.0 Å². The highest BCUT2D eigenvalue weighted by Gasteiger charge is 2.36. The lowest BCUT2D eigenvalue weighted by Crippen LogP contribution is -2.64. The number of nitrogens with one attached hydrogen (secondary N) is 1. The van der Waals surface area contributed by atoms with Crippen molar-refractivity contribution in [2.75, 3.05) is 32.7 Å².